The molecule has 0 spiro atoms. The lowest BCUT2D eigenvalue weighted by Crippen LogP contribution is -2.49. The molecule has 4 heteroatoms. The quantitative estimate of drug-likeness (QED) is 0.919. The van der Waals surface area contributed by atoms with Crippen LogP contribution in [0.15, 0.2) is 24.3 Å². The normalized spacial score (nSPS) is 22.9. The van der Waals surface area contributed by atoms with E-state index in [2.05, 4.69) is 0 Å². The number of halogens is 1. The van der Waals surface area contributed by atoms with Crippen LogP contribution in [0.3, 0.4) is 0 Å². The molecule has 2 unspecified atom stereocenters. The number of likely N-dealkylation sites (tertiary alicyclic amines) is 1. The monoisotopic (exact) mass is 278 g/mol. The van der Waals surface area contributed by atoms with Crippen molar-refractivity contribution >= 4 is 5.91 Å². The molecule has 1 aromatic carbocycles. The van der Waals surface area contributed by atoms with Gasteiger partial charge < -0.3 is 10.6 Å². The fourth-order valence-corrected chi connectivity index (χ4v) is 2.97. The second kappa shape index (κ2) is 6.84. The van der Waals surface area contributed by atoms with Gasteiger partial charge in [0.05, 0.1) is 0 Å². The van der Waals surface area contributed by atoms with Gasteiger partial charge >= 0.3 is 0 Å². The summed E-state index contributed by atoms with van der Waals surface area (Å²) in [6.07, 6.45) is 3.12. The molecule has 3 nitrogen and oxygen atoms in total. The number of hydrogen-bond donors (Lipinski definition) is 1. The molecule has 0 saturated carbocycles. The molecule has 110 valence electrons. The van der Waals surface area contributed by atoms with Gasteiger partial charge in [-0.3, -0.25) is 4.79 Å². The number of benzene rings is 1. The van der Waals surface area contributed by atoms with Crippen LogP contribution in [0.1, 0.15) is 31.7 Å². The zero-order chi connectivity index (χ0) is 14.5. The lowest BCUT2D eigenvalue weighted by atomic mass is 9.89. The van der Waals surface area contributed by atoms with E-state index in [1.165, 1.54) is 6.07 Å². The number of carbonyl (C=O) groups is 1. The summed E-state index contributed by atoms with van der Waals surface area (Å²) in [4.78, 5) is 13.9. The van der Waals surface area contributed by atoms with Gasteiger partial charge in [-0.25, -0.2) is 4.39 Å². The third kappa shape index (κ3) is 4.04. The summed E-state index contributed by atoms with van der Waals surface area (Å²) in [5, 5.41) is 0. The van der Waals surface area contributed by atoms with Crippen LogP contribution in [0.4, 0.5) is 4.39 Å². The molecule has 2 N–H and O–H groups in total. The van der Waals surface area contributed by atoms with Gasteiger partial charge in [0.1, 0.15) is 5.82 Å². The molecule has 20 heavy (non-hydrogen) atoms. The summed E-state index contributed by atoms with van der Waals surface area (Å²) in [5.74, 6) is 0.301. The fraction of sp³-hybridized carbons (Fsp3) is 0.562. The number of rotatable bonds is 4. The van der Waals surface area contributed by atoms with Crippen molar-refractivity contribution in [2.75, 3.05) is 13.1 Å². The van der Waals surface area contributed by atoms with Crippen molar-refractivity contribution in [3.8, 4) is 0 Å². The van der Waals surface area contributed by atoms with E-state index in [1.54, 1.807) is 12.1 Å². The van der Waals surface area contributed by atoms with Crippen molar-refractivity contribution in [1.29, 1.82) is 0 Å². The average Bonchev–Trinajstić information content (AvgIpc) is 2.38. The van der Waals surface area contributed by atoms with E-state index in [0.717, 1.165) is 31.4 Å². The topological polar surface area (TPSA) is 46.3 Å². The SMILES string of the molecule is CCCC(=O)N1CC(N)CC(Cc2cccc(F)c2)C1. The number of piperidine rings is 1. The summed E-state index contributed by atoms with van der Waals surface area (Å²) in [6, 6.07) is 6.71. The fourth-order valence-electron chi connectivity index (χ4n) is 2.97. The highest BCUT2D eigenvalue weighted by molar-refractivity contribution is 5.76. The molecule has 1 heterocycles. The summed E-state index contributed by atoms with van der Waals surface area (Å²) >= 11 is 0. The van der Waals surface area contributed by atoms with E-state index >= 15 is 0 Å². The molecule has 1 amide bonds. The number of amides is 1. The lowest BCUT2D eigenvalue weighted by molar-refractivity contribution is -0.133. The van der Waals surface area contributed by atoms with E-state index in [-0.39, 0.29) is 17.8 Å². The molecule has 0 bridgehead atoms. The number of carbonyl (C=O) groups excluding carboxylic acids is 1. The van der Waals surface area contributed by atoms with Crippen LogP contribution in [-0.4, -0.2) is 29.9 Å². The smallest absolute Gasteiger partial charge is 0.222 e. The molecular weight excluding hydrogens is 255 g/mol. The molecule has 1 aromatic rings. The molecule has 1 saturated heterocycles. The number of nitrogens with zero attached hydrogens (tertiary/aromatic N) is 1. The lowest BCUT2D eigenvalue weighted by Gasteiger charge is -2.36. The van der Waals surface area contributed by atoms with Gasteiger partial charge in [-0.15, -0.1) is 0 Å². The summed E-state index contributed by atoms with van der Waals surface area (Å²) in [5.41, 5.74) is 7.04. The molecule has 1 aliphatic heterocycles. The van der Waals surface area contributed by atoms with Crippen molar-refractivity contribution in [3.63, 3.8) is 0 Å². The van der Waals surface area contributed by atoms with Crippen molar-refractivity contribution in [2.45, 2.75) is 38.6 Å². The van der Waals surface area contributed by atoms with Crippen LogP contribution < -0.4 is 5.73 Å². The first-order valence-electron chi connectivity index (χ1n) is 7.36. The van der Waals surface area contributed by atoms with Crippen molar-refractivity contribution < 1.29 is 9.18 Å². The van der Waals surface area contributed by atoms with Crippen molar-refractivity contribution in [3.05, 3.63) is 35.6 Å². The Morgan fingerprint density at radius 2 is 2.25 bits per heavy atom. The Kier molecular flexibility index (Phi) is 5.12. The predicted molar refractivity (Wildman–Crippen MR) is 77.7 cm³/mol. The molecular formula is C16H23FN2O. The zero-order valence-corrected chi connectivity index (χ0v) is 12.0. The second-order valence-corrected chi connectivity index (χ2v) is 5.74. The minimum atomic E-state index is -0.207. The zero-order valence-electron chi connectivity index (χ0n) is 12.0. The summed E-state index contributed by atoms with van der Waals surface area (Å²) in [7, 11) is 0. The maximum atomic E-state index is 13.2. The van der Waals surface area contributed by atoms with Gasteiger partial charge in [-0.2, -0.15) is 0 Å². The Morgan fingerprint density at radius 1 is 1.45 bits per heavy atom. The van der Waals surface area contributed by atoms with Crippen molar-refractivity contribution in [2.24, 2.45) is 11.7 Å². The van der Waals surface area contributed by atoms with Crippen LogP contribution in [0.5, 0.6) is 0 Å². The summed E-state index contributed by atoms with van der Waals surface area (Å²) < 4.78 is 13.2. The van der Waals surface area contributed by atoms with Gasteiger partial charge in [0.2, 0.25) is 5.91 Å². The minimum Gasteiger partial charge on any atom is -0.341 e. The first kappa shape index (κ1) is 15.0. The highest BCUT2D eigenvalue weighted by atomic mass is 19.1. The molecule has 0 aliphatic carbocycles. The van der Waals surface area contributed by atoms with Gasteiger partial charge in [0.25, 0.3) is 0 Å². The molecule has 0 radical (unpaired) electrons. The van der Waals surface area contributed by atoms with E-state index < -0.39 is 0 Å². The third-order valence-electron chi connectivity index (χ3n) is 3.80. The maximum Gasteiger partial charge on any atom is 0.222 e. The third-order valence-corrected chi connectivity index (χ3v) is 3.80. The Labute approximate surface area is 120 Å². The Bertz CT molecular complexity index is 464. The van der Waals surface area contributed by atoms with Gasteiger partial charge in [-0.1, -0.05) is 19.1 Å². The largest absolute Gasteiger partial charge is 0.341 e. The highest BCUT2D eigenvalue weighted by Crippen LogP contribution is 2.21. The van der Waals surface area contributed by atoms with Crippen LogP contribution in [0.2, 0.25) is 0 Å². The Hall–Kier alpha value is -1.42. The molecule has 2 atom stereocenters. The van der Waals surface area contributed by atoms with Crippen LogP contribution in [0, 0.1) is 11.7 Å². The van der Waals surface area contributed by atoms with E-state index in [9.17, 15) is 9.18 Å². The van der Waals surface area contributed by atoms with E-state index in [1.807, 2.05) is 17.9 Å². The van der Waals surface area contributed by atoms with Gasteiger partial charge in [0.15, 0.2) is 0 Å². The van der Waals surface area contributed by atoms with Gasteiger partial charge in [0, 0.05) is 25.6 Å². The first-order valence-corrected chi connectivity index (χ1v) is 7.36. The number of nitrogens with two attached hydrogens (primary N) is 1. The standard InChI is InChI=1S/C16H23FN2O/c1-2-4-16(20)19-10-13(9-15(18)11-19)7-12-5-3-6-14(17)8-12/h3,5-6,8,13,15H,2,4,7,9-11,18H2,1H3. The Balaban J connectivity index is 1.99. The molecule has 1 fully saturated rings. The predicted octanol–water partition coefficient (Wildman–Crippen LogP) is 2.34. The first-order chi connectivity index (χ1) is 9.58. The van der Waals surface area contributed by atoms with Crippen LogP contribution in [-0.2, 0) is 11.2 Å². The van der Waals surface area contributed by atoms with Crippen molar-refractivity contribution in [1.82, 2.24) is 4.90 Å². The molecule has 0 aromatic heterocycles. The van der Waals surface area contributed by atoms with Crippen LogP contribution in [0.25, 0.3) is 0 Å². The van der Waals surface area contributed by atoms with Gasteiger partial charge in [-0.05, 0) is 42.9 Å². The van der Waals surface area contributed by atoms with E-state index in [4.69, 9.17) is 5.73 Å². The summed E-state index contributed by atoms with van der Waals surface area (Å²) in [6.45, 7) is 3.40. The Morgan fingerprint density at radius 3 is 2.95 bits per heavy atom. The second-order valence-electron chi connectivity index (χ2n) is 5.74. The maximum absolute atomic E-state index is 13.2. The highest BCUT2D eigenvalue weighted by Gasteiger charge is 2.27. The molecule has 2 rings (SSSR count). The van der Waals surface area contributed by atoms with Crippen LogP contribution >= 0.6 is 0 Å². The average molecular weight is 278 g/mol. The minimum absolute atomic E-state index is 0.0307. The van der Waals surface area contributed by atoms with E-state index in [0.29, 0.717) is 18.9 Å². The number of hydrogen-bond acceptors (Lipinski definition) is 2. The molecule has 1 aliphatic rings.